The molecule has 5 nitrogen and oxygen atoms in total. The first kappa shape index (κ1) is 14.0. The van der Waals surface area contributed by atoms with Gasteiger partial charge in [0.2, 0.25) is 5.91 Å². The smallest absolute Gasteiger partial charge is 0.222 e. The van der Waals surface area contributed by atoms with Crippen LogP contribution in [-0.4, -0.2) is 46.6 Å². The number of nitrogens with zero attached hydrogens (tertiary/aromatic N) is 2. The molecule has 2 N–H and O–H groups in total. The molecule has 1 aromatic rings. The maximum absolute atomic E-state index is 11.5. The minimum absolute atomic E-state index is 0.103. The number of hydrogen-bond donors (Lipinski definition) is 2. The highest BCUT2D eigenvalue weighted by Crippen LogP contribution is 2.25. The third-order valence-corrected chi connectivity index (χ3v) is 3.56. The van der Waals surface area contributed by atoms with Gasteiger partial charge in [0.25, 0.3) is 0 Å². The summed E-state index contributed by atoms with van der Waals surface area (Å²) in [5.74, 6) is -0.103. The molecule has 1 atom stereocenters. The van der Waals surface area contributed by atoms with Crippen molar-refractivity contribution in [1.29, 1.82) is 0 Å². The number of aromatic nitrogens is 1. The van der Waals surface area contributed by atoms with Gasteiger partial charge in [-0.25, -0.2) is 0 Å². The van der Waals surface area contributed by atoms with E-state index in [1.54, 1.807) is 19.4 Å². The van der Waals surface area contributed by atoms with Gasteiger partial charge in [0.05, 0.1) is 12.0 Å². The molecule has 1 aromatic heterocycles. The van der Waals surface area contributed by atoms with E-state index in [2.05, 4.69) is 15.2 Å². The Balaban J connectivity index is 1.95. The van der Waals surface area contributed by atoms with Crippen LogP contribution in [0.3, 0.4) is 0 Å². The van der Waals surface area contributed by atoms with Crippen LogP contribution in [0.25, 0.3) is 0 Å². The summed E-state index contributed by atoms with van der Waals surface area (Å²) in [6, 6.07) is 3.96. The molecule has 2 heterocycles. The lowest BCUT2D eigenvalue weighted by Crippen LogP contribution is -2.49. The molecule has 104 valence electrons. The second-order valence-electron chi connectivity index (χ2n) is 5.24. The van der Waals surface area contributed by atoms with Crippen LogP contribution in [0.2, 0.25) is 0 Å². The average Bonchev–Trinajstić information content (AvgIpc) is 2.39. The van der Waals surface area contributed by atoms with E-state index in [4.69, 9.17) is 0 Å². The zero-order valence-corrected chi connectivity index (χ0v) is 11.3. The summed E-state index contributed by atoms with van der Waals surface area (Å²) in [6.45, 7) is 2.29. The van der Waals surface area contributed by atoms with Gasteiger partial charge in [0.1, 0.15) is 0 Å². The Bertz CT molecular complexity index is 424. The predicted molar refractivity (Wildman–Crippen MR) is 72.4 cm³/mol. The van der Waals surface area contributed by atoms with Crippen molar-refractivity contribution in [1.82, 2.24) is 15.2 Å². The Morgan fingerprint density at radius 2 is 2.26 bits per heavy atom. The molecule has 0 spiro atoms. The van der Waals surface area contributed by atoms with Crippen LogP contribution in [0, 0.1) is 0 Å². The number of carbonyl (C=O) groups is 1. The summed E-state index contributed by atoms with van der Waals surface area (Å²) in [7, 11) is 1.60. The highest BCUT2D eigenvalue weighted by Gasteiger charge is 2.34. The Kier molecular flexibility index (Phi) is 4.50. The topological polar surface area (TPSA) is 65.5 Å². The van der Waals surface area contributed by atoms with E-state index >= 15 is 0 Å². The van der Waals surface area contributed by atoms with Crippen molar-refractivity contribution < 1.29 is 9.90 Å². The monoisotopic (exact) mass is 263 g/mol. The van der Waals surface area contributed by atoms with Gasteiger partial charge in [-0.15, -0.1) is 0 Å². The van der Waals surface area contributed by atoms with Crippen molar-refractivity contribution in [2.24, 2.45) is 0 Å². The van der Waals surface area contributed by atoms with Gasteiger partial charge in [0, 0.05) is 32.5 Å². The van der Waals surface area contributed by atoms with Gasteiger partial charge in [-0.2, -0.15) is 0 Å². The van der Waals surface area contributed by atoms with Crippen LogP contribution < -0.4 is 5.32 Å². The summed E-state index contributed by atoms with van der Waals surface area (Å²) in [5, 5.41) is 13.1. The fraction of sp³-hybridized carbons (Fsp3) is 0.571. The third kappa shape index (κ3) is 4.01. The van der Waals surface area contributed by atoms with Crippen LogP contribution >= 0.6 is 0 Å². The van der Waals surface area contributed by atoms with E-state index in [1.165, 1.54) is 5.56 Å². The van der Waals surface area contributed by atoms with E-state index in [9.17, 15) is 9.90 Å². The molecular weight excluding hydrogens is 242 g/mol. The van der Waals surface area contributed by atoms with Gasteiger partial charge in [0.15, 0.2) is 0 Å². The molecule has 1 amide bonds. The Hall–Kier alpha value is -1.46. The number of likely N-dealkylation sites (tertiary alicyclic amines) is 1. The van der Waals surface area contributed by atoms with Gasteiger partial charge >= 0.3 is 0 Å². The number of amides is 1. The van der Waals surface area contributed by atoms with E-state index in [0.717, 1.165) is 19.5 Å². The minimum atomic E-state index is -0.897. The zero-order chi connectivity index (χ0) is 13.7. The summed E-state index contributed by atoms with van der Waals surface area (Å²) >= 11 is 0. The van der Waals surface area contributed by atoms with Crippen molar-refractivity contribution in [2.75, 3.05) is 20.1 Å². The summed E-state index contributed by atoms with van der Waals surface area (Å²) in [4.78, 5) is 17.6. The first-order valence-corrected chi connectivity index (χ1v) is 6.65. The van der Waals surface area contributed by atoms with Crippen LogP contribution in [0.1, 0.15) is 24.8 Å². The number of nitrogens with one attached hydrogen (secondary N) is 1. The maximum atomic E-state index is 11.5. The molecule has 0 saturated carbocycles. The van der Waals surface area contributed by atoms with E-state index in [0.29, 0.717) is 13.0 Å². The predicted octanol–water partition coefficient (Wildman–Crippen LogP) is 0.545. The van der Waals surface area contributed by atoms with Crippen molar-refractivity contribution in [2.45, 2.75) is 31.4 Å². The number of carbonyl (C=O) groups excluding carboxylic acids is 1. The first-order chi connectivity index (χ1) is 9.11. The van der Waals surface area contributed by atoms with Crippen molar-refractivity contribution >= 4 is 5.91 Å². The molecule has 0 radical (unpaired) electrons. The van der Waals surface area contributed by atoms with Crippen molar-refractivity contribution in [3.05, 3.63) is 30.1 Å². The van der Waals surface area contributed by atoms with Gasteiger partial charge in [-0.1, -0.05) is 0 Å². The first-order valence-electron chi connectivity index (χ1n) is 6.65. The number of hydrogen-bond acceptors (Lipinski definition) is 4. The van der Waals surface area contributed by atoms with Gasteiger partial charge in [-0.05, 0) is 37.1 Å². The summed E-state index contributed by atoms with van der Waals surface area (Å²) < 4.78 is 0. The van der Waals surface area contributed by atoms with Crippen LogP contribution in [0.5, 0.6) is 0 Å². The van der Waals surface area contributed by atoms with Gasteiger partial charge in [-0.3, -0.25) is 14.7 Å². The highest BCUT2D eigenvalue weighted by molar-refractivity contribution is 5.76. The highest BCUT2D eigenvalue weighted by atomic mass is 16.3. The molecule has 1 unspecified atom stereocenters. The normalized spacial score (nSPS) is 24.1. The van der Waals surface area contributed by atoms with Crippen molar-refractivity contribution in [3.63, 3.8) is 0 Å². The van der Waals surface area contributed by atoms with Crippen LogP contribution in [0.4, 0.5) is 0 Å². The lowest BCUT2D eigenvalue weighted by atomic mass is 9.89. The lowest BCUT2D eigenvalue weighted by Gasteiger charge is -2.38. The number of β-amino-alcohol motifs (C(OH)–C–C–N with tert-alkyl or cyclic N) is 1. The van der Waals surface area contributed by atoms with Crippen molar-refractivity contribution in [3.8, 4) is 0 Å². The van der Waals surface area contributed by atoms with E-state index in [-0.39, 0.29) is 12.3 Å². The van der Waals surface area contributed by atoms with Gasteiger partial charge < -0.3 is 10.4 Å². The fourth-order valence-corrected chi connectivity index (χ4v) is 2.62. The van der Waals surface area contributed by atoms with E-state index < -0.39 is 5.60 Å². The molecule has 0 aromatic carbocycles. The second-order valence-corrected chi connectivity index (χ2v) is 5.24. The third-order valence-electron chi connectivity index (χ3n) is 3.56. The molecule has 1 fully saturated rings. The lowest BCUT2D eigenvalue weighted by molar-refractivity contribution is -0.128. The largest absolute Gasteiger partial charge is 0.388 e. The average molecular weight is 263 g/mol. The number of aliphatic hydroxyl groups is 1. The Morgan fingerprint density at radius 3 is 2.95 bits per heavy atom. The molecule has 1 aliphatic heterocycles. The molecule has 19 heavy (non-hydrogen) atoms. The Morgan fingerprint density at radius 1 is 1.53 bits per heavy atom. The van der Waals surface area contributed by atoms with Crippen LogP contribution in [0.15, 0.2) is 24.5 Å². The fourth-order valence-electron chi connectivity index (χ4n) is 2.62. The molecule has 0 bridgehead atoms. The van der Waals surface area contributed by atoms with E-state index in [1.807, 2.05) is 12.1 Å². The second kappa shape index (κ2) is 6.12. The maximum Gasteiger partial charge on any atom is 0.222 e. The number of rotatable bonds is 4. The SMILES string of the molecule is CNC(=O)CC1(O)CCCN(Cc2ccncc2)C1. The van der Waals surface area contributed by atoms with Crippen LogP contribution in [-0.2, 0) is 11.3 Å². The molecule has 1 saturated heterocycles. The Labute approximate surface area is 113 Å². The molecular formula is C14H21N3O2. The molecule has 2 rings (SSSR count). The quantitative estimate of drug-likeness (QED) is 0.832. The molecule has 0 aliphatic carbocycles. The summed E-state index contributed by atoms with van der Waals surface area (Å²) in [5.41, 5.74) is 0.282. The zero-order valence-electron chi connectivity index (χ0n) is 11.3. The standard InChI is InChI=1S/C14H21N3O2/c1-15-13(18)9-14(19)5-2-8-17(11-14)10-12-3-6-16-7-4-12/h3-4,6-7,19H,2,5,8-11H2,1H3,(H,15,18). The number of piperidine rings is 1. The minimum Gasteiger partial charge on any atom is -0.388 e. The summed E-state index contributed by atoms with van der Waals surface area (Å²) in [6.07, 6.45) is 5.33. The molecule has 5 heteroatoms. The number of pyridine rings is 1. The molecule has 1 aliphatic rings.